The quantitative estimate of drug-likeness (QED) is 0.457. The second-order valence-corrected chi connectivity index (χ2v) is 8.16. The minimum Gasteiger partial charge on any atom is -0.384 e. The summed E-state index contributed by atoms with van der Waals surface area (Å²) in [6.07, 6.45) is 4.19. The Balaban J connectivity index is 1.67. The molecule has 0 radical (unpaired) electrons. The van der Waals surface area contributed by atoms with Crippen molar-refractivity contribution in [2.24, 2.45) is 0 Å². The summed E-state index contributed by atoms with van der Waals surface area (Å²) in [5.74, 6) is -0.0810. The lowest BCUT2D eigenvalue weighted by atomic mass is 10.2. The number of amides is 2. The molecule has 0 spiro atoms. The first-order chi connectivity index (χ1) is 15.5. The molecule has 1 aliphatic carbocycles. The standard InChI is InChI=1S/C24H24N6O2/c1-14(31)26-16-10-12-17(13-11-16)30-22(25)20(24(32)27-15-6-2-3-7-15)21-23(30)29-19-9-5-4-8-18(19)28-21/h4-5,8-13,15H,2-3,6-7,25H2,1H3,(H,26,31)(H,27,32). The molecule has 5 rings (SSSR count). The number of nitrogens with zero attached hydrogens (tertiary/aromatic N) is 3. The third-order valence-corrected chi connectivity index (χ3v) is 5.86. The number of hydrogen-bond acceptors (Lipinski definition) is 5. The van der Waals surface area contributed by atoms with Gasteiger partial charge in [0.2, 0.25) is 5.91 Å². The van der Waals surface area contributed by atoms with Crippen molar-refractivity contribution in [1.29, 1.82) is 0 Å². The van der Waals surface area contributed by atoms with Gasteiger partial charge in [0, 0.05) is 24.3 Å². The molecule has 1 fully saturated rings. The SMILES string of the molecule is CC(=O)Nc1ccc(-n2c(N)c(C(=O)NC3CCCC3)c3nc4ccccc4nc32)cc1. The normalized spacial score (nSPS) is 14.2. The second kappa shape index (κ2) is 7.96. The number of carbonyl (C=O) groups is 2. The van der Waals surface area contributed by atoms with Gasteiger partial charge >= 0.3 is 0 Å². The molecule has 4 N–H and O–H groups in total. The second-order valence-electron chi connectivity index (χ2n) is 8.16. The lowest BCUT2D eigenvalue weighted by Gasteiger charge is -2.12. The van der Waals surface area contributed by atoms with Crippen molar-refractivity contribution in [2.75, 3.05) is 11.1 Å². The highest BCUT2D eigenvalue weighted by molar-refractivity contribution is 6.11. The van der Waals surface area contributed by atoms with E-state index in [2.05, 4.69) is 10.6 Å². The van der Waals surface area contributed by atoms with Crippen LogP contribution in [0.1, 0.15) is 43.0 Å². The Labute approximate surface area is 184 Å². The van der Waals surface area contributed by atoms with Crippen LogP contribution in [0, 0.1) is 0 Å². The number of nitrogens with one attached hydrogen (secondary N) is 2. The molecule has 8 heteroatoms. The van der Waals surface area contributed by atoms with E-state index in [0.29, 0.717) is 27.9 Å². The molecule has 0 unspecified atom stereocenters. The molecule has 2 aromatic carbocycles. The predicted octanol–water partition coefficient (Wildman–Crippen LogP) is 3.79. The van der Waals surface area contributed by atoms with Crippen LogP contribution < -0.4 is 16.4 Å². The van der Waals surface area contributed by atoms with Crippen LogP contribution in [0.3, 0.4) is 0 Å². The fourth-order valence-corrected chi connectivity index (χ4v) is 4.37. The average Bonchev–Trinajstić information content (AvgIpc) is 3.37. The Hall–Kier alpha value is -3.94. The summed E-state index contributed by atoms with van der Waals surface area (Å²) in [6.45, 7) is 1.46. The average molecular weight is 428 g/mol. The monoisotopic (exact) mass is 428 g/mol. The van der Waals surface area contributed by atoms with Crippen LogP contribution in [-0.2, 0) is 4.79 Å². The van der Waals surface area contributed by atoms with Crippen LogP contribution in [0.4, 0.5) is 11.5 Å². The Morgan fingerprint density at radius 3 is 2.31 bits per heavy atom. The topological polar surface area (TPSA) is 115 Å². The minimum absolute atomic E-state index is 0.146. The van der Waals surface area contributed by atoms with Gasteiger partial charge in [0.25, 0.3) is 5.91 Å². The molecule has 162 valence electrons. The summed E-state index contributed by atoms with van der Waals surface area (Å²) in [5, 5.41) is 5.88. The van der Waals surface area contributed by atoms with Crippen LogP contribution in [0.25, 0.3) is 27.9 Å². The molecule has 0 aliphatic heterocycles. The van der Waals surface area contributed by atoms with Crippen LogP contribution in [0.5, 0.6) is 0 Å². The van der Waals surface area contributed by atoms with Gasteiger partial charge in [-0.2, -0.15) is 0 Å². The van der Waals surface area contributed by atoms with E-state index >= 15 is 0 Å². The number of nitrogens with two attached hydrogens (primary N) is 1. The first-order valence-electron chi connectivity index (χ1n) is 10.8. The molecule has 2 amide bonds. The van der Waals surface area contributed by atoms with E-state index in [1.54, 1.807) is 16.7 Å². The summed E-state index contributed by atoms with van der Waals surface area (Å²) in [5.41, 5.74) is 10.7. The predicted molar refractivity (Wildman–Crippen MR) is 125 cm³/mol. The van der Waals surface area contributed by atoms with Crippen LogP contribution in [-0.4, -0.2) is 32.4 Å². The van der Waals surface area contributed by atoms with E-state index in [1.165, 1.54) is 6.92 Å². The minimum atomic E-state index is -0.224. The van der Waals surface area contributed by atoms with Gasteiger partial charge in [-0.3, -0.25) is 14.2 Å². The highest BCUT2D eigenvalue weighted by Crippen LogP contribution is 2.32. The van der Waals surface area contributed by atoms with E-state index in [4.69, 9.17) is 15.7 Å². The largest absolute Gasteiger partial charge is 0.384 e. The van der Waals surface area contributed by atoms with Gasteiger partial charge in [-0.05, 0) is 49.2 Å². The molecule has 2 heterocycles. The Kier molecular flexibility index (Phi) is 4.97. The Bertz CT molecular complexity index is 1340. The van der Waals surface area contributed by atoms with Crippen molar-refractivity contribution in [1.82, 2.24) is 19.9 Å². The van der Waals surface area contributed by atoms with E-state index in [-0.39, 0.29) is 23.7 Å². The van der Waals surface area contributed by atoms with Crippen molar-refractivity contribution >= 4 is 45.5 Å². The number of benzene rings is 2. The van der Waals surface area contributed by atoms with Crippen LogP contribution in [0.15, 0.2) is 48.5 Å². The van der Waals surface area contributed by atoms with Crippen molar-refractivity contribution in [3.63, 3.8) is 0 Å². The van der Waals surface area contributed by atoms with Gasteiger partial charge < -0.3 is 16.4 Å². The number of anilines is 2. The van der Waals surface area contributed by atoms with Crippen molar-refractivity contribution in [3.05, 3.63) is 54.1 Å². The highest BCUT2D eigenvalue weighted by atomic mass is 16.2. The molecule has 32 heavy (non-hydrogen) atoms. The van der Waals surface area contributed by atoms with Gasteiger partial charge in [0.1, 0.15) is 16.9 Å². The highest BCUT2D eigenvalue weighted by Gasteiger charge is 2.27. The zero-order valence-corrected chi connectivity index (χ0v) is 17.8. The molecule has 0 bridgehead atoms. The molecule has 2 aromatic heterocycles. The zero-order chi connectivity index (χ0) is 22.2. The number of aromatic nitrogens is 3. The first kappa shape index (κ1) is 20.0. The summed E-state index contributed by atoms with van der Waals surface area (Å²) in [7, 11) is 0. The third-order valence-electron chi connectivity index (χ3n) is 5.86. The van der Waals surface area contributed by atoms with Crippen LogP contribution >= 0.6 is 0 Å². The molecule has 0 atom stereocenters. The van der Waals surface area contributed by atoms with E-state index in [1.807, 2.05) is 36.4 Å². The molecule has 1 saturated carbocycles. The number of hydrogen-bond donors (Lipinski definition) is 3. The van der Waals surface area contributed by atoms with Crippen molar-refractivity contribution < 1.29 is 9.59 Å². The molecular formula is C24H24N6O2. The Morgan fingerprint density at radius 1 is 1.00 bits per heavy atom. The zero-order valence-electron chi connectivity index (χ0n) is 17.8. The Morgan fingerprint density at radius 2 is 1.66 bits per heavy atom. The smallest absolute Gasteiger partial charge is 0.257 e. The fraction of sp³-hybridized carbons (Fsp3) is 0.250. The summed E-state index contributed by atoms with van der Waals surface area (Å²) in [4.78, 5) is 34.2. The molecule has 1 aliphatic rings. The third kappa shape index (κ3) is 3.53. The van der Waals surface area contributed by atoms with Gasteiger partial charge in [-0.1, -0.05) is 25.0 Å². The lowest BCUT2D eigenvalue weighted by Crippen LogP contribution is -2.33. The van der Waals surface area contributed by atoms with Gasteiger partial charge in [0.05, 0.1) is 11.0 Å². The van der Waals surface area contributed by atoms with E-state index in [0.717, 1.165) is 36.9 Å². The van der Waals surface area contributed by atoms with E-state index in [9.17, 15) is 9.59 Å². The molecular weight excluding hydrogens is 404 g/mol. The number of fused-ring (bicyclic) bond motifs is 2. The van der Waals surface area contributed by atoms with E-state index < -0.39 is 0 Å². The molecule has 8 nitrogen and oxygen atoms in total. The maximum atomic E-state index is 13.3. The number of nitrogen functional groups attached to an aromatic ring is 1. The van der Waals surface area contributed by atoms with Crippen molar-refractivity contribution in [2.45, 2.75) is 38.6 Å². The fourth-order valence-electron chi connectivity index (χ4n) is 4.37. The summed E-state index contributed by atoms with van der Waals surface area (Å²) >= 11 is 0. The maximum absolute atomic E-state index is 13.3. The number of carbonyl (C=O) groups excluding carboxylic acids is 2. The molecule has 0 saturated heterocycles. The van der Waals surface area contributed by atoms with Gasteiger partial charge in [-0.25, -0.2) is 9.97 Å². The summed E-state index contributed by atoms with van der Waals surface area (Å²) in [6, 6.07) is 14.9. The van der Waals surface area contributed by atoms with Crippen LogP contribution in [0.2, 0.25) is 0 Å². The molecule has 4 aromatic rings. The van der Waals surface area contributed by atoms with Gasteiger partial charge in [0.15, 0.2) is 5.65 Å². The lowest BCUT2D eigenvalue weighted by molar-refractivity contribution is -0.114. The van der Waals surface area contributed by atoms with Crippen molar-refractivity contribution in [3.8, 4) is 5.69 Å². The number of para-hydroxylation sites is 2. The first-order valence-corrected chi connectivity index (χ1v) is 10.8. The number of rotatable bonds is 4. The summed E-state index contributed by atoms with van der Waals surface area (Å²) < 4.78 is 1.75. The van der Waals surface area contributed by atoms with Gasteiger partial charge in [-0.15, -0.1) is 0 Å². The maximum Gasteiger partial charge on any atom is 0.257 e.